The van der Waals surface area contributed by atoms with Gasteiger partial charge in [0.05, 0.1) is 18.4 Å². The number of alkyl carbamates (subject to hydrolysis) is 1. The summed E-state index contributed by atoms with van der Waals surface area (Å²) in [5.74, 6) is 0. The first-order valence-electron chi connectivity index (χ1n) is 8.24. The fourth-order valence-electron chi connectivity index (χ4n) is 3.25. The van der Waals surface area contributed by atoms with Crippen LogP contribution in [0.4, 0.5) is 10.5 Å². The molecule has 1 amide bonds. The SMILES string of the molecule is NC1CCC(NC(=O)O[C@@H]2CCN(c3cn[nH]c(=O)c3Cl)C2)CC1. The van der Waals surface area contributed by atoms with E-state index in [-0.39, 0.29) is 23.2 Å². The van der Waals surface area contributed by atoms with Crippen LogP contribution in [0, 0.1) is 0 Å². The lowest BCUT2D eigenvalue weighted by molar-refractivity contribution is 0.102. The number of halogens is 1. The summed E-state index contributed by atoms with van der Waals surface area (Å²) in [6.45, 7) is 1.15. The summed E-state index contributed by atoms with van der Waals surface area (Å²) in [4.78, 5) is 25.5. The molecule has 1 atom stereocenters. The van der Waals surface area contributed by atoms with Crippen LogP contribution < -0.4 is 21.5 Å². The minimum absolute atomic E-state index is 0.105. The molecule has 0 radical (unpaired) electrons. The zero-order valence-corrected chi connectivity index (χ0v) is 14.1. The maximum atomic E-state index is 12.0. The predicted molar refractivity (Wildman–Crippen MR) is 90.3 cm³/mol. The van der Waals surface area contributed by atoms with E-state index in [4.69, 9.17) is 22.1 Å². The van der Waals surface area contributed by atoms with Crippen LogP contribution in [0.3, 0.4) is 0 Å². The third-order valence-corrected chi connectivity index (χ3v) is 5.00. The smallest absolute Gasteiger partial charge is 0.407 e. The summed E-state index contributed by atoms with van der Waals surface area (Å²) >= 11 is 6.01. The molecule has 0 unspecified atom stereocenters. The molecule has 4 N–H and O–H groups in total. The molecule has 9 heteroatoms. The normalized spacial score (nSPS) is 27.1. The number of nitrogens with two attached hydrogens (primary N) is 1. The summed E-state index contributed by atoms with van der Waals surface area (Å²) in [5.41, 5.74) is 6.00. The topological polar surface area (TPSA) is 113 Å². The zero-order valence-electron chi connectivity index (χ0n) is 13.3. The molecule has 1 saturated carbocycles. The highest BCUT2D eigenvalue weighted by Crippen LogP contribution is 2.26. The van der Waals surface area contributed by atoms with E-state index in [0.29, 0.717) is 25.2 Å². The molecule has 2 fully saturated rings. The molecular formula is C15H22ClN5O3. The monoisotopic (exact) mass is 355 g/mol. The Morgan fingerprint density at radius 1 is 1.38 bits per heavy atom. The average molecular weight is 356 g/mol. The van der Waals surface area contributed by atoms with Crippen LogP contribution in [0.15, 0.2) is 11.0 Å². The van der Waals surface area contributed by atoms with Crippen LogP contribution in [-0.4, -0.2) is 47.6 Å². The number of carbonyl (C=O) groups is 1. The van der Waals surface area contributed by atoms with Crippen molar-refractivity contribution in [3.05, 3.63) is 21.6 Å². The first-order valence-corrected chi connectivity index (χ1v) is 8.61. The molecule has 0 bridgehead atoms. The van der Waals surface area contributed by atoms with E-state index in [1.54, 1.807) is 0 Å². The maximum absolute atomic E-state index is 12.0. The van der Waals surface area contributed by atoms with E-state index in [1.807, 2.05) is 4.90 Å². The third kappa shape index (κ3) is 3.99. The van der Waals surface area contributed by atoms with E-state index in [0.717, 1.165) is 25.7 Å². The third-order valence-electron chi connectivity index (χ3n) is 4.63. The lowest BCUT2D eigenvalue weighted by Crippen LogP contribution is -2.42. The highest BCUT2D eigenvalue weighted by atomic mass is 35.5. The Kier molecular flexibility index (Phi) is 5.25. The van der Waals surface area contributed by atoms with Crippen molar-refractivity contribution in [3.8, 4) is 0 Å². The number of aromatic nitrogens is 2. The minimum atomic E-state index is -0.424. The Balaban J connectivity index is 1.50. The Bertz CT molecular complexity index is 644. The lowest BCUT2D eigenvalue weighted by atomic mass is 9.92. The van der Waals surface area contributed by atoms with Crippen LogP contribution in [0.2, 0.25) is 5.02 Å². The van der Waals surface area contributed by atoms with Crippen molar-refractivity contribution in [2.45, 2.75) is 50.3 Å². The molecule has 1 saturated heterocycles. The summed E-state index contributed by atoms with van der Waals surface area (Å²) in [5, 5.41) is 9.07. The maximum Gasteiger partial charge on any atom is 0.407 e. The van der Waals surface area contributed by atoms with Crippen molar-refractivity contribution in [3.63, 3.8) is 0 Å². The van der Waals surface area contributed by atoms with Crippen LogP contribution >= 0.6 is 11.6 Å². The first-order chi connectivity index (χ1) is 11.5. The van der Waals surface area contributed by atoms with Gasteiger partial charge >= 0.3 is 6.09 Å². The van der Waals surface area contributed by atoms with Gasteiger partial charge in [0.2, 0.25) is 0 Å². The number of H-pyrrole nitrogens is 1. The summed E-state index contributed by atoms with van der Waals surface area (Å²) in [6, 6.07) is 0.385. The summed E-state index contributed by atoms with van der Waals surface area (Å²) in [6.07, 6.45) is 5.21. The van der Waals surface area contributed by atoms with Crippen molar-refractivity contribution in [2.24, 2.45) is 5.73 Å². The second-order valence-corrected chi connectivity index (χ2v) is 6.79. The molecule has 1 aromatic rings. The molecule has 1 aromatic heterocycles. The fraction of sp³-hybridized carbons (Fsp3) is 0.667. The number of carbonyl (C=O) groups excluding carboxylic acids is 1. The molecule has 1 aliphatic heterocycles. The van der Waals surface area contributed by atoms with Gasteiger partial charge in [-0.2, -0.15) is 5.10 Å². The van der Waals surface area contributed by atoms with E-state index in [9.17, 15) is 9.59 Å². The molecule has 2 heterocycles. The number of nitrogens with zero attached hydrogens (tertiary/aromatic N) is 2. The quantitative estimate of drug-likeness (QED) is 0.745. The number of hydrogen-bond donors (Lipinski definition) is 3. The molecule has 132 valence electrons. The number of nitrogens with one attached hydrogen (secondary N) is 2. The van der Waals surface area contributed by atoms with Gasteiger partial charge in [0, 0.05) is 25.0 Å². The molecule has 0 aromatic carbocycles. The van der Waals surface area contributed by atoms with Crippen molar-refractivity contribution in [1.29, 1.82) is 0 Å². The Morgan fingerprint density at radius 3 is 2.88 bits per heavy atom. The van der Waals surface area contributed by atoms with Crippen LogP contribution in [-0.2, 0) is 4.74 Å². The number of rotatable bonds is 3. The van der Waals surface area contributed by atoms with Crippen molar-refractivity contribution in [1.82, 2.24) is 15.5 Å². The lowest BCUT2D eigenvalue weighted by Gasteiger charge is -2.27. The highest BCUT2D eigenvalue weighted by Gasteiger charge is 2.29. The number of hydrogen-bond acceptors (Lipinski definition) is 6. The van der Waals surface area contributed by atoms with Gasteiger partial charge in [-0.25, -0.2) is 9.89 Å². The molecule has 1 aliphatic carbocycles. The molecule has 3 rings (SSSR count). The van der Waals surface area contributed by atoms with Gasteiger partial charge in [-0.1, -0.05) is 11.6 Å². The van der Waals surface area contributed by atoms with Gasteiger partial charge in [0.15, 0.2) is 0 Å². The van der Waals surface area contributed by atoms with E-state index >= 15 is 0 Å². The standard InChI is InChI=1S/C15H22ClN5O3/c16-13-12(7-18-20-14(13)22)21-6-5-11(8-21)24-15(23)19-10-3-1-9(17)2-4-10/h7,9-11H,1-6,8,17H2,(H,19,23)(H,20,22)/t9?,10?,11-/m1/s1. The summed E-state index contributed by atoms with van der Waals surface area (Å²) in [7, 11) is 0. The van der Waals surface area contributed by atoms with E-state index in [2.05, 4.69) is 15.5 Å². The van der Waals surface area contributed by atoms with Crippen LogP contribution in [0.1, 0.15) is 32.1 Å². The van der Waals surface area contributed by atoms with Crippen LogP contribution in [0.5, 0.6) is 0 Å². The fourth-order valence-corrected chi connectivity index (χ4v) is 3.46. The first kappa shape index (κ1) is 17.0. The molecule has 0 spiro atoms. The zero-order chi connectivity index (χ0) is 17.1. The Morgan fingerprint density at radius 2 is 2.12 bits per heavy atom. The Labute approximate surface area is 144 Å². The van der Waals surface area contributed by atoms with Crippen LogP contribution in [0.25, 0.3) is 0 Å². The number of aromatic amines is 1. The minimum Gasteiger partial charge on any atom is -0.444 e. The van der Waals surface area contributed by atoms with Crippen molar-refractivity contribution < 1.29 is 9.53 Å². The average Bonchev–Trinajstić information content (AvgIpc) is 3.00. The van der Waals surface area contributed by atoms with Gasteiger partial charge in [-0.15, -0.1) is 0 Å². The number of ether oxygens (including phenoxy) is 1. The largest absolute Gasteiger partial charge is 0.444 e. The van der Waals surface area contributed by atoms with Gasteiger partial charge in [0.25, 0.3) is 5.56 Å². The van der Waals surface area contributed by atoms with Crippen molar-refractivity contribution in [2.75, 3.05) is 18.0 Å². The van der Waals surface area contributed by atoms with Gasteiger partial charge < -0.3 is 20.7 Å². The number of anilines is 1. The molecule has 8 nitrogen and oxygen atoms in total. The van der Waals surface area contributed by atoms with Gasteiger partial charge in [-0.05, 0) is 25.7 Å². The predicted octanol–water partition coefficient (Wildman–Crippen LogP) is 0.998. The Hall–Kier alpha value is -1.80. The second kappa shape index (κ2) is 7.40. The summed E-state index contributed by atoms with van der Waals surface area (Å²) < 4.78 is 5.49. The van der Waals surface area contributed by atoms with E-state index in [1.165, 1.54) is 6.20 Å². The molecular weight excluding hydrogens is 334 g/mol. The molecule has 24 heavy (non-hydrogen) atoms. The van der Waals surface area contributed by atoms with E-state index < -0.39 is 11.7 Å². The van der Waals surface area contributed by atoms with Gasteiger partial charge in [-0.3, -0.25) is 4.79 Å². The highest BCUT2D eigenvalue weighted by molar-refractivity contribution is 6.33. The number of amides is 1. The van der Waals surface area contributed by atoms with Crippen molar-refractivity contribution >= 4 is 23.4 Å². The second-order valence-electron chi connectivity index (χ2n) is 6.42. The van der Waals surface area contributed by atoms with Gasteiger partial charge in [0.1, 0.15) is 11.1 Å². The molecule has 2 aliphatic rings.